The zero-order valence-electron chi connectivity index (χ0n) is 67.8. The normalized spacial score (nSPS) is 13.9. The van der Waals surface area contributed by atoms with Crippen LogP contribution in [0.1, 0.15) is 108 Å². The molecule has 44 heteroatoms. The van der Waals surface area contributed by atoms with Crippen LogP contribution in [-0.2, 0) is 164 Å². The Kier molecular flexibility index (Phi) is 55.1. The first-order valence-corrected chi connectivity index (χ1v) is 36.8. The maximum Gasteiger partial charge on any atom is 0.307 e. The molecule has 117 heavy (non-hydrogen) atoms. The highest BCUT2D eigenvalue weighted by molar-refractivity contribution is 5.86. The number of carbonyl (C=O) groups is 15. The summed E-state index contributed by atoms with van der Waals surface area (Å²) in [5.41, 5.74) is -0.473. The molecule has 1 aromatic rings. The number of aliphatic hydroxyl groups excluding tert-OH is 3. The zero-order valence-corrected chi connectivity index (χ0v) is 67.8. The number of benzene rings is 1. The third-order valence-electron chi connectivity index (χ3n) is 14.6. The molecule has 9 unspecified atom stereocenters. The molecule has 9 atom stereocenters. The van der Waals surface area contributed by atoms with E-state index in [0.29, 0.717) is 5.56 Å². The summed E-state index contributed by atoms with van der Waals surface area (Å²) in [6.45, 7) is 8.85. The lowest BCUT2D eigenvalue weighted by atomic mass is 10.0. The molecule has 0 aliphatic rings. The molecule has 6 amide bonds. The fourth-order valence-electron chi connectivity index (χ4n) is 10.0. The zero-order chi connectivity index (χ0) is 87.8. The quantitative estimate of drug-likeness (QED) is 0.0102. The van der Waals surface area contributed by atoms with Crippen molar-refractivity contribution in [2.75, 3.05) is 152 Å². The second-order valence-electron chi connectivity index (χ2n) is 24.8. The van der Waals surface area contributed by atoms with Gasteiger partial charge in [0, 0.05) is 122 Å². The number of nitrogens with zero attached hydrogens (tertiary/aromatic N) is 1. The average Bonchev–Trinajstić information content (AvgIpc) is 0.856. The van der Waals surface area contributed by atoms with Crippen molar-refractivity contribution in [1.82, 2.24) is 36.8 Å². The van der Waals surface area contributed by atoms with Gasteiger partial charge in [-0.2, -0.15) is 0 Å². The first-order valence-electron chi connectivity index (χ1n) is 36.8. The van der Waals surface area contributed by atoms with Crippen LogP contribution < -0.4 is 31.9 Å². The predicted octanol–water partition coefficient (Wildman–Crippen LogP) is -3.03. The lowest BCUT2D eigenvalue weighted by Gasteiger charge is -2.35. The van der Waals surface area contributed by atoms with E-state index in [9.17, 15) is 92.3 Å². The Bertz CT molecular complexity index is 3360. The monoisotopic (exact) mass is 1680 g/mol. The van der Waals surface area contributed by atoms with Gasteiger partial charge in [-0.1, -0.05) is 12.1 Å². The van der Waals surface area contributed by atoms with Crippen molar-refractivity contribution in [3.05, 3.63) is 52.7 Å². The Balaban J connectivity index is 3.25. The van der Waals surface area contributed by atoms with E-state index in [1.165, 1.54) is 29.2 Å². The van der Waals surface area contributed by atoms with Crippen LogP contribution in [0.4, 0.5) is 0 Å². The van der Waals surface area contributed by atoms with Crippen molar-refractivity contribution in [1.29, 1.82) is 0 Å². The molecule has 0 saturated heterocycles. The van der Waals surface area contributed by atoms with E-state index in [1.807, 2.05) is 0 Å². The second-order valence-corrected chi connectivity index (χ2v) is 24.8. The van der Waals surface area contributed by atoms with Crippen molar-refractivity contribution in [2.24, 2.45) is 0 Å². The Morgan fingerprint density at radius 1 is 0.385 bits per heavy atom. The highest BCUT2D eigenvalue weighted by Gasteiger charge is 2.41. The number of phenolic OH excluding ortho intramolecular Hbond substituents is 1. The third kappa shape index (κ3) is 51.7. The summed E-state index contributed by atoms with van der Waals surface area (Å²) >= 11 is 0. The van der Waals surface area contributed by atoms with E-state index in [-0.39, 0.29) is 170 Å². The number of nitrogens with one attached hydrogen (secondary N) is 6. The molecule has 0 aliphatic heterocycles. The number of carbonyl (C=O) groups excluding carboxylic acids is 15. The van der Waals surface area contributed by atoms with Crippen LogP contribution in [0, 0.1) is 0 Å². The fourth-order valence-corrected chi connectivity index (χ4v) is 10.0. The maximum absolute atomic E-state index is 14.3. The molecular formula is C73H113N7O37. The number of amides is 6. The molecule has 0 aromatic heterocycles. The van der Waals surface area contributed by atoms with Crippen LogP contribution in [0.5, 0.6) is 5.75 Å². The molecule has 0 saturated carbocycles. The topological polar surface area (TPSA) is 579 Å². The number of hydrogen-bond acceptors (Lipinski definition) is 38. The van der Waals surface area contributed by atoms with Crippen molar-refractivity contribution >= 4 is 89.2 Å². The molecule has 44 nitrogen and oxygen atoms in total. The average molecular weight is 1680 g/mol. The van der Waals surface area contributed by atoms with Gasteiger partial charge in [-0.05, 0) is 24.1 Å². The van der Waals surface area contributed by atoms with Crippen molar-refractivity contribution in [3.63, 3.8) is 0 Å². The largest absolute Gasteiger partial charge is 0.508 e. The number of ether oxygens (including phenoxy) is 18. The Labute approximate surface area is 675 Å². The van der Waals surface area contributed by atoms with Gasteiger partial charge in [-0.15, -0.1) is 0 Å². The molecule has 0 fully saturated rings. The molecule has 662 valence electrons. The summed E-state index contributed by atoms with van der Waals surface area (Å²) in [6.07, 6.45) is -12.3. The Hall–Kier alpha value is -9.97. The van der Waals surface area contributed by atoms with Crippen LogP contribution in [0.2, 0.25) is 0 Å². The molecule has 0 radical (unpaired) electrons. The first-order chi connectivity index (χ1) is 55.4. The van der Waals surface area contributed by atoms with Crippen LogP contribution in [-0.4, -0.2) is 322 Å². The SMILES string of the molecule is CC(=O)N/C(=C(\OC(C)=O)C(CCOC(C)=O)OC(C)=O)C(O)OCCOCCOCCNC(=O)C(Cc1ccc(O)cc1)N(CC(=O)NCCOCCOCCOC(O)/C(NC(C)=O)=C(\OC(C)=O)C(CCOC(C)=O)OC(C)=O)CC(=O)NCCOCCOCCOC(O)C(NC(C)=O)C(OC(C)=O)C(CCOC(C)=O)OC(C)=O. The Morgan fingerprint density at radius 3 is 1.10 bits per heavy atom. The number of phenols is 1. The van der Waals surface area contributed by atoms with Crippen molar-refractivity contribution in [2.45, 2.75) is 164 Å². The van der Waals surface area contributed by atoms with Crippen LogP contribution in [0.3, 0.4) is 0 Å². The van der Waals surface area contributed by atoms with Gasteiger partial charge in [-0.25, -0.2) is 0 Å². The van der Waals surface area contributed by atoms with Gasteiger partial charge < -0.3 is 138 Å². The second kappa shape index (κ2) is 61.4. The minimum Gasteiger partial charge on any atom is -0.508 e. The molecule has 1 rings (SSSR count). The van der Waals surface area contributed by atoms with E-state index >= 15 is 0 Å². The van der Waals surface area contributed by atoms with Gasteiger partial charge in [0.25, 0.3) is 0 Å². The maximum atomic E-state index is 14.3. The summed E-state index contributed by atoms with van der Waals surface area (Å²) in [4.78, 5) is 187. The molecule has 0 bridgehead atoms. The van der Waals surface area contributed by atoms with Crippen LogP contribution in [0.15, 0.2) is 47.2 Å². The molecule has 1 aromatic carbocycles. The van der Waals surface area contributed by atoms with E-state index in [2.05, 4.69) is 31.9 Å². The molecular weight excluding hydrogens is 1570 g/mol. The third-order valence-corrected chi connectivity index (χ3v) is 14.6. The van der Waals surface area contributed by atoms with Gasteiger partial charge in [0.05, 0.1) is 138 Å². The number of aromatic hydroxyl groups is 1. The standard InChI is InChI=1S/C73H113N7O37/c1-44(81)77-64(67(115-53(10)90)59(112-50(7)87)17-23-106-47(4)84)71(97)109-38-35-103-32-29-100-26-20-74-62(94)42-80(43-63(95)75-21-27-101-30-33-104-36-39-110-72(98)65(78-45(2)82)68(116-54(11)91)60(113-51(8)88)18-24-107-48(5)85)58(41-56-13-15-57(93)16-14-56)70(96)76-22-28-102-31-34-105-37-40-111-73(99)66(79-46(3)83)69(117-55(12)92)61(114-52(9)89)19-25-108-49(6)86/h13-16,58-61,64,67,71-73,93,97-99H,17-43H2,1-12H3,(H,74,94)(H,75,95)(H,76,96)(H,77,81)(H,78,82)(H,79,83)/b68-65+,69-66-. The number of aliphatic hydroxyl groups is 3. The van der Waals surface area contributed by atoms with Gasteiger partial charge in [-0.3, -0.25) is 76.8 Å². The van der Waals surface area contributed by atoms with E-state index in [4.69, 9.17) is 85.3 Å². The fraction of sp³-hybridized carbons (Fsp3) is 0.658. The smallest absolute Gasteiger partial charge is 0.307 e. The number of rotatable bonds is 63. The number of hydrogen-bond donors (Lipinski definition) is 10. The summed E-state index contributed by atoms with van der Waals surface area (Å²) in [7, 11) is 0. The Morgan fingerprint density at radius 2 is 0.744 bits per heavy atom. The van der Waals surface area contributed by atoms with Gasteiger partial charge in [0.15, 0.2) is 48.7 Å². The van der Waals surface area contributed by atoms with Gasteiger partial charge in [0.2, 0.25) is 35.4 Å². The molecule has 10 N–H and O–H groups in total. The summed E-state index contributed by atoms with van der Waals surface area (Å²) in [5, 5.41) is 58.4. The van der Waals surface area contributed by atoms with E-state index < -0.39 is 181 Å². The predicted molar refractivity (Wildman–Crippen MR) is 396 cm³/mol. The minimum atomic E-state index is -1.99. The van der Waals surface area contributed by atoms with Crippen LogP contribution >= 0.6 is 0 Å². The van der Waals surface area contributed by atoms with Gasteiger partial charge in [0.1, 0.15) is 29.3 Å². The van der Waals surface area contributed by atoms with E-state index in [1.54, 1.807) is 0 Å². The minimum absolute atomic E-state index is 0.0212. The van der Waals surface area contributed by atoms with Crippen LogP contribution in [0.25, 0.3) is 0 Å². The number of esters is 9. The molecule has 0 heterocycles. The lowest BCUT2D eigenvalue weighted by molar-refractivity contribution is -0.191. The van der Waals surface area contributed by atoms with Crippen molar-refractivity contribution < 1.29 is 178 Å². The summed E-state index contributed by atoms with van der Waals surface area (Å²) in [5.74, 6) is -12.4. The lowest BCUT2D eigenvalue weighted by Crippen LogP contribution is -2.57. The first kappa shape index (κ1) is 105. The van der Waals surface area contributed by atoms with Crippen molar-refractivity contribution in [3.8, 4) is 5.75 Å². The van der Waals surface area contributed by atoms with Gasteiger partial charge >= 0.3 is 53.7 Å². The highest BCUT2D eigenvalue weighted by Crippen LogP contribution is 2.24. The summed E-state index contributed by atoms with van der Waals surface area (Å²) in [6, 6.07) is 3.09. The molecule has 0 spiro atoms. The highest BCUT2D eigenvalue weighted by atomic mass is 16.7. The molecule has 0 aliphatic carbocycles. The summed E-state index contributed by atoms with van der Waals surface area (Å²) < 4.78 is 96.5. The van der Waals surface area contributed by atoms with E-state index in [0.717, 1.165) is 83.1 Å².